The summed E-state index contributed by atoms with van der Waals surface area (Å²) in [6.07, 6.45) is 0.227. The number of thiophene rings is 1. The third kappa shape index (κ3) is 2.24. The molecule has 1 aromatic carbocycles. The number of carbonyl (C=O) groups excluding carboxylic acids is 1. The number of carbonyl (C=O) groups is 1. The van der Waals surface area contributed by atoms with Gasteiger partial charge in [0, 0.05) is 10.0 Å². The third-order valence-corrected chi connectivity index (χ3v) is 4.71. The van der Waals surface area contributed by atoms with E-state index in [0.29, 0.717) is 5.90 Å². The fourth-order valence-electron chi connectivity index (χ4n) is 1.97. The van der Waals surface area contributed by atoms with E-state index in [1.807, 2.05) is 36.6 Å². The lowest BCUT2D eigenvalue weighted by molar-refractivity contribution is -0.114. The van der Waals surface area contributed by atoms with E-state index >= 15 is 0 Å². The summed E-state index contributed by atoms with van der Waals surface area (Å²) in [7, 11) is 0. The minimum Gasteiger partial charge on any atom is -0.461 e. The SMILES string of the molecule is Cc1ccc2c(c1)C(C=O)OC(c1sccc1Br)=N2. The third-order valence-electron chi connectivity index (χ3n) is 2.89. The Balaban J connectivity index is 2.13. The maximum absolute atomic E-state index is 11.2. The van der Waals surface area contributed by atoms with Crippen LogP contribution in [-0.2, 0) is 9.53 Å². The molecule has 19 heavy (non-hydrogen) atoms. The van der Waals surface area contributed by atoms with Crippen molar-refractivity contribution in [1.29, 1.82) is 0 Å². The number of halogens is 1. The van der Waals surface area contributed by atoms with Crippen LogP contribution in [0.25, 0.3) is 0 Å². The molecular formula is C14H10BrNO2S. The van der Waals surface area contributed by atoms with Crippen LogP contribution in [0.1, 0.15) is 22.1 Å². The van der Waals surface area contributed by atoms with Gasteiger partial charge in [-0.15, -0.1) is 11.3 Å². The number of aldehydes is 1. The number of benzene rings is 1. The summed E-state index contributed by atoms with van der Waals surface area (Å²) in [6, 6.07) is 7.78. The van der Waals surface area contributed by atoms with Gasteiger partial charge in [0.15, 0.2) is 12.4 Å². The zero-order valence-corrected chi connectivity index (χ0v) is 12.5. The van der Waals surface area contributed by atoms with Gasteiger partial charge in [-0.05, 0) is 46.4 Å². The Morgan fingerprint density at radius 1 is 1.42 bits per heavy atom. The number of hydrogen-bond acceptors (Lipinski definition) is 4. The number of ether oxygens (including phenoxy) is 1. The lowest BCUT2D eigenvalue weighted by Gasteiger charge is -2.22. The molecule has 0 saturated heterocycles. The lowest BCUT2D eigenvalue weighted by atomic mass is 10.0. The summed E-state index contributed by atoms with van der Waals surface area (Å²) in [5, 5.41) is 1.95. The molecule has 0 N–H and O–H groups in total. The average Bonchev–Trinajstić information content (AvgIpc) is 2.84. The van der Waals surface area contributed by atoms with Crippen LogP contribution in [0.15, 0.2) is 39.1 Å². The molecule has 3 nitrogen and oxygen atoms in total. The van der Waals surface area contributed by atoms with Crippen LogP contribution in [0.2, 0.25) is 0 Å². The summed E-state index contributed by atoms with van der Waals surface area (Å²) in [4.78, 5) is 16.7. The van der Waals surface area contributed by atoms with Gasteiger partial charge in [0.05, 0.1) is 5.69 Å². The molecule has 1 atom stereocenters. The van der Waals surface area contributed by atoms with Gasteiger partial charge >= 0.3 is 0 Å². The van der Waals surface area contributed by atoms with Gasteiger partial charge in [0.2, 0.25) is 5.90 Å². The average molecular weight is 336 g/mol. The van der Waals surface area contributed by atoms with Crippen LogP contribution < -0.4 is 0 Å². The summed E-state index contributed by atoms with van der Waals surface area (Å²) in [5.74, 6) is 0.496. The van der Waals surface area contributed by atoms with Crippen LogP contribution in [-0.4, -0.2) is 12.2 Å². The lowest BCUT2D eigenvalue weighted by Crippen LogP contribution is -2.17. The first-order valence-electron chi connectivity index (χ1n) is 5.73. The summed E-state index contributed by atoms with van der Waals surface area (Å²) < 4.78 is 6.63. The second kappa shape index (κ2) is 4.90. The number of fused-ring (bicyclic) bond motifs is 1. The minimum atomic E-state index is -0.587. The molecule has 5 heteroatoms. The molecule has 0 aliphatic carbocycles. The second-order valence-electron chi connectivity index (χ2n) is 4.25. The maximum atomic E-state index is 11.2. The standard InChI is InChI=1S/C14H10BrNO2S/c1-8-2-3-11-9(6-8)12(7-17)18-14(16-11)13-10(15)4-5-19-13/h2-7,12H,1H3. The van der Waals surface area contributed by atoms with Crippen LogP contribution >= 0.6 is 27.3 Å². The Labute approximate surface area is 123 Å². The fourth-order valence-corrected chi connectivity index (χ4v) is 3.45. The van der Waals surface area contributed by atoms with Crippen molar-refractivity contribution >= 4 is 45.1 Å². The van der Waals surface area contributed by atoms with Crippen LogP contribution in [0.3, 0.4) is 0 Å². The number of hydrogen-bond donors (Lipinski definition) is 0. The molecule has 96 valence electrons. The molecule has 0 fully saturated rings. The van der Waals surface area contributed by atoms with Crippen molar-refractivity contribution < 1.29 is 9.53 Å². The van der Waals surface area contributed by atoms with Gasteiger partial charge in [-0.3, -0.25) is 4.79 Å². The maximum Gasteiger partial charge on any atom is 0.233 e. The molecule has 1 aromatic heterocycles. The van der Waals surface area contributed by atoms with Gasteiger partial charge in [0.25, 0.3) is 0 Å². The van der Waals surface area contributed by atoms with Crippen LogP contribution in [0.4, 0.5) is 5.69 Å². The number of aliphatic imine (C=N–C) groups is 1. The van der Waals surface area contributed by atoms with Crippen molar-refractivity contribution in [3.8, 4) is 0 Å². The summed E-state index contributed by atoms with van der Waals surface area (Å²) in [5.41, 5.74) is 2.71. The Morgan fingerprint density at radius 3 is 2.95 bits per heavy atom. The Morgan fingerprint density at radius 2 is 2.26 bits per heavy atom. The molecule has 2 aromatic rings. The van der Waals surface area contributed by atoms with E-state index in [9.17, 15) is 4.79 Å². The highest BCUT2D eigenvalue weighted by Gasteiger charge is 2.26. The molecule has 0 bridgehead atoms. The fraction of sp³-hybridized carbons (Fsp3) is 0.143. The molecule has 1 unspecified atom stereocenters. The Kier molecular flexibility index (Phi) is 3.24. The van der Waals surface area contributed by atoms with E-state index in [1.54, 1.807) is 0 Å². The summed E-state index contributed by atoms with van der Waals surface area (Å²) >= 11 is 4.98. The highest BCUT2D eigenvalue weighted by molar-refractivity contribution is 9.10. The number of rotatable bonds is 2. The molecular weight excluding hydrogens is 326 g/mol. The number of aryl methyl sites for hydroxylation is 1. The second-order valence-corrected chi connectivity index (χ2v) is 6.02. The molecule has 3 rings (SSSR count). The minimum absolute atomic E-state index is 0.496. The Bertz CT molecular complexity index is 678. The van der Waals surface area contributed by atoms with Crippen molar-refractivity contribution in [2.24, 2.45) is 4.99 Å². The monoisotopic (exact) mass is 335 g/mol. The van der Waals surface area contributed by atoms with Crippen molar-refractivity contribution in [3.05, 3.63) is 50.1 Å². The zero-order chi connectivity index (χ0) is 13.4. The molecule has 2 heterocycles. The van der Waals surface area contributed by atoms with E-state index in [-0.39, 0.29) is 0 Å². The highest BCUT2D eigenvalue weighted by atomic mass is 79.9. The molecule has 0 saturated carbocycles. The van der Waals surface area contributed by atoms with E-state index in [4.69, 9.17) is 4.74 Å². The first-order chi connectivity index (χ1) is 9.19. The van der Waals surface area contributed by atoms with Gasteiger partial charge < -0.3 is 4.74 Å². The van der Waals surface area contributed by atoms with Crippen molar-refractivity contribution in [1.82, 2.24) is 0 Å². The van der Waals surface area contributed by atoms with E-state index in [1.165, 1.54) is 11.3 Å². The van der Waals surface area contributed by atoms with Gasteiger partial charge in [-0.1, -0.05) is 11.6 Å². The molecule has 0 spiro atoms. The predicted octanol–water partition coefficient (Wildman–Crippen LogP) is 4.17. The van der Waals surface area contributed by atoms with Crippen molar-refractivity contribution in [2.45, 2.75) is 13.0 Å². The topological polar surface area (TPSA) is 38.7 Å². The molecule has 0 radical (unpaired) electrons. The summed E-state index contributed by atoms with van der Waals surface area (Å²) in [6.45, 7) is 1.98. The van der Waals surface area contributed by atoms with Crippen molar-refractivity contribution in [3.63, 3.8) is 0 Å². The quantitative estimate of drug-likeness (QED) is 0.772. The first-order valence-corrected chi connectivity index (χ1v) is 7.41. The molecule has 0 amide bonds. The molecule has 1 aliphatic heterocycles. The predicted molar refractivity (Wildman–Crippen MR) is 79.3 cm³/mol. The van der Waals surface area contributed by atoms with Crippen molar-refractivity contribution in [2.75, 3.05) is 0 Å². The first kappa shape index (κ1) is 12.6. The van der Waals surface area contributed by atoms with E-state index < -0.39 is 6.10 Å². The van der Waals surface area contributed by atoms with Gasteiger partial charge in [-0.25, -0.2) is 4.99 Å². The zero-order valence-electron chi connectivity index (χ0n) is 10.1. The number of nitrogens with zero attached hydrogens (tertiary/aromatic N) is 1. The van der Waals surface area contributed by atoms with Gasteiger partial charge in [-0.2, -0.15) is 0 Å². The van der Waals surface area contributed by atoms with Crippen LogP contribution in [0, 0.1) is 6.92 Å². The Hall–Kier alpha value is -1.46. The molecule has 1 aliphatic rings. The van der Waals surface area contributed by atoms with Crippen LogP contribution in [0.5, 0.6) is 0 Å². The van der Waals surface area contributed by atoms with E-state index in [0.717, 1.165) is 32.5 Å². The highest BCUT2D eigenvalue weighted by Crippen LogP contribution is 2.36. The largest absolute Gasteiger partial charge is 0.461 e. The smallest absolute Gasteiger partial charge is 0.233 e. The van der Waals surface area contributed by atoms with E-state index in [2.05, 4.69) is 20.9 Å². The normalized spacial score (nSPS) is 17.4. The van der Waals surface area contributed by atoms with Gasteiger partial charge in [0.1, 0.15) is 4.88 Å².